The Bertz CT molecular complexity index is 664. The van der Waals surface area contributed by atoms with Crippen LogP contribution in [0.5, 0.6) is 0 Å². The fraction of sp³-hybridized carbons (Fsp3) is 0.200. The number of nitrogens with one attached hydrogen (secondary N) is 1. The first-order valence-corrected chi connectivity index (χ1v) is 7.81. The zero-order valence-corrected chi connectivity index (χ0v) is 14.2. The third-order valence-electron chi connectivity index (χ3n) is 3.04. The molecule has 0 aliphatic heterocycles. The van der Waals surface area contributed by atoms with Gasteiger partial charge >= 0.3 is 0 Å². The number of hydrogen-bond donors (Lipinski definition) is 1. The van der Waals surface area contributed by atoms with Gasteiger partial charge in [-0.25, -0.2) is 8.78 Å². The number of halogens is 5. The van der Waals surface area contributed by atoms with Crippen LogP contribution >= 0.6 is 39.1 Å². The largest absolute Gasteiger partial charge is 0.306 e. The molecule has 0 heterocycles. The van der Waals surface area contributed by atoms with Gasteiger partial charge < -0.3 is 5.32 Å². The van der Waals surface area contributed by atoms with Crippen LogP contribution in [0, 0.1) is 11.6 Å². The molecule has 1 N–H and O–H groups in total. The third kappa shape index (κ3) is 3.75. The van der Waals surface area contributed by atoms with Crippen molar-refractivity contribution in [3.63, 3.8) is 0 Å². The second kappa shape index (κ2) is 7.05. The molecule has 21 heavy (non-hydrogen) atoms. The average molecular weight is 395 g/mol. The minimum absolute atomic E-state index is 0.166. The van der Waals surface area contributed by atoms with E-state index in [0.717, 1.165) is 22.2 Å². The lowest BCUT2D eigenvalue weighted by Gasteiger charge is -2.21. The number of hydrogen-bond acceptors (Lipinski definition) is 1. The molecule has 1 unspecified atom stereocenters. The standard InChI is InChI=1S/C15H12BrCl2F2N/c1-2-21-15(8-3-4-10(16)12(18)5-8)9-6-13(19)14(20)7-11(9)17/h3-7,15,21H,2H2,1H3. The van der Waals surface area contributed by atoms with Crippen molar-refractivity contribution in [1.29, 1.82) is 0 Å². The van der Waals surface area contributed by atoms with E-state index in [4.69, 9.17) is 23.2 Å². The van der Waals surface area contributed by atoms with Gasteiger partial charge in [0.25, 0.3) is 0 Å². The lowest BCUT2D eigenvalue weighted by atomic mass is 9.98. The minimum Gasteiger partial charge on any atom is -0.306 e. The Morgan fingerprint density at radius 3 is 2.38 bits per heavy atom. The Balaban J connectivity index is 2.52. The van der Waals surface area contributed by atoms with Crippen LogP contribution in [0.1, 0.15) is 24.1 Å². The van der Waals surface area contributed by atoms with Crippen molar-refractivity contribution < 1.29 is 8.78 Å². The Kier molecular flexibility index (Phi) is 5.60. The predicted octanol–water partition coefficient (Wildman–Crippen LogP) is 5.73. The van der Waals surface area contributed by atoms with Gasteiger partial charge in [-0.1, -0.05) is 36.2 Å². The van der Waals surface area contributed by atoms with Crippen molar-refractivity contribution in [3.05, 3.63) is 67.6 Å². The fourth-order valence-electron chi connectivity index (χ4n) is 2.06. The van der Waals surface area contributed by atoms with E-state index < -0.39 is 11.6 Å². The molecule has 112 valence electrons. The van der Waals surface area contributed by atoms with Crippen LogP contribution in [0.15, 0.2) is 34.8 Å². The number of rotatable bonds is 4. The Labute approximate surface area is 140 Å². The first-order chi connectivity index (χ1) is 9.93. The van der Waals surface area contributed by atoms with Crippen LogP contribution in [0.3, 0.4) is 0 Å². The summed E-state index contributed by atoms with van der Waals surface area (Å²) in [5, 5.41) is 3.90. The SMILES string of the molecule is CCNC(c1ccc(Br)c(Cl)c1)c1cc(F)c(F)cc1Cl. The number of benzene rings is 2. The molecule has 0 radical (unpaired) electrons. The van der Waals surface area contributed by atoms with Gasteiger partial charge in [0, 0.05) is 9.50 Å². The molecule has 0 amide bonds. The average Bonchev–Trinajstić information content (AvgIpc) is 2.44. The lowest BCUT2D eigenvalue weighted by molar-refractivity contribution is 0.504. The van der Waals surface area contributed by atoms with Gasteiger partial charge in [-0.15, -0.1) is 0 Å². The van der Waals surface area contributed by atoms with Crippen LogP contribution < -0.4 is 5.32 Å². The van der Waals surface area contributed by atoms with Crippen molar-refractivity contribution in [3.8, 4) is 0 Å². The summed E-state index contributed by atoms with van der Waals surface area (Å²) < 4.78 is 27.5. The second-order valence-electron chi connectivity index (χ2n) is 4.45. The summed E-state index contributed by atoms with van der Waals surface area (Å²) in [6, 6.07) is 7.13. The molecular formula is C15H12BrCl2F2N. The van der Waals surface area contributed by atoms with Crippen LogP contribution in [0.2, 0.25) is 10.0 Å². The summed E-state index contributed by atoms with van der Waals surface area (Å²) in [4.78, 5) is 0. The van der Waals surface area contributed by atoms with Crippen LogP contribution in [-0.4, -0.2) is 6.54 Å². The van der Waals surface area contributed by atoms with Crippen molar-refractivity contribution >= 4 is 39.1 Å². The van der Waals surface area contributed by atoms with Gasteiger partial charge in [-0.3, -0.25) is 0 Å². The summed E-state index contributed by atoms with van der Waals surface area (Å²) in [5.41, 5.74) is 1.29. The molecule has 0 saturated carbocycles. The highest BCUT2D eigenvalue weighted by Crippen LogP contribution is 2.33. The first-order valence-electron chi connectivity index (χ1n) is 6.26. The van der Waals surface area contributed by atoms with Gasteiger partial charge in [-0.05, 0) is 57.9 Å². The van der Waals surface area contributed by atoms with E-state index in [1.165, 1.54) is 0 Å². The molecule has 1 atom stereocenters. The molecule has 0 aliphatic carbocycles. The molecular weight excluding hydrogens is 383 g/mol. The van der Waals surface area contributed by atoms with E-state index >= 15 is 0 Å². The third-order valence-corrected chi connectivity index (χ3v) is 4.60. The van der Waals surface area contributed by atoms with Crippen molar-refractivity contribution in [2.75, 3.05) is 6.54 Å². The van der Waals surface area contributed by atoms with Gasteiger partial charge in [0.2, 0.25) is 0 Å². The maximum Gasteiger partial charge on any atom is 0.160 e. The maximum atomic E-state index is 13.5. The quantitative estimate of drug-likeness (QED) is 0.652. The zero-order chi connectivity index (χ0) is 15.6. The smallest absolute Gasteiger partial charge is 0.160 e. The highest BCUT2D eigenvalue weighted by atomic mass is 79.9. The highest BCUT2D eigenvalue weighted by molar-refractivity contribution is 9.10. The normalized spacial score (nSPS) is 12.5. The van der Waals surface area contributed by atoms with E-state index in [1.54, 1.807) is 12.1 Å². The molecule has 2 rings (SSSR count). The molecule has 0 fully saturated rings. The lowest BCUT2D eigenvalue weighted by Crippen LogP contribution is -2.22. The van der Waals surface area contributed by atoms with Crippen molar-refractivity contribution in [2.45, 2.75) is 13.0 Å². The van der Waals surface area contributed by atoms with Crippen LogP contribution in [0.25, 0.3) is 0 Å². The Morgan fingerprint density at radius 2 is 1.76 bits per heavy atom. The molecule has 0 saturated heterocycles. The monoisotopic (exact) mass is 393 g/mol. The van der Waals surface area contributed by atoms with Gasteiger partial charge in [0.05, 0.1) is 11.1 Å². The molecule has 0 aliphatic rings. The fourth-order valence-corrected chi connectivity index (χ4v) is 2.76. The Morgan fingerprint density at radius 1 is 1.10 bits per heavy atom. The summed E-state index contributed by atoms with van der Waals surface area (Å²) in [7, 11) is 0. The molecule has 0 aromatic heterocycles. The molecule has 2 aromatic rings. The van der Waals surface area contributed by atoms with Gasteiger partial charge in [0.15, 0.2) is 11.6 Å². The van der Waals surface area contributed by atoms with E-state index in [1.807, 2.05) is 13.0 Å². The van der Waals surface area contributed by atoms with Crippen molar-refractivity contribution in [2.24, 2.45) is 0 Å². The molecule has 0 bridgehead atoms. The Hall–Kier alpha value is -0.680. The topological polar surface area (TPSA) is 12.0 Å². The van der Waals surface area contributed by atoms with E-state index in [0.29, 0.717) is 17.1 Å². The highest BCUT2D eigenvalue weighted by Gasteiger charge is 2.19. The zero-order valence-electron chi connectivity index (χ0n) is 11.1. The first kappa shape index (κ1) is 16.7. The summed E-state index contributed by atoms with van der Waals surface area (Å²) in [6.07, 6.45) is 0. The van der Waals surface area contributed by atoms with Gasteiger partial charge in [0.1, 0.15) is 0 Å². The van der Waals surface area contributed by atoms with Crippen molar-refractivity contribution in [1.82, 2.24) is 5.32 Å². The minimum atomic E-state index is -0.965. The molecule has 6 heteroatoms. The molecule has 1 nitrogen and oxygen atoms in total. The summed E-state index contributed by atoms with van der Waals surface area (Å²) in [5.74, 6) is -1.90. The summed E-state index contributed by atoms with van der Waals surface area (Å²) >= 11 is 15.5. The van der Waals surface area contributed by atoms with Gasteiger partial charge in [-0.2, -0.15) is 0 Å². The van der Waals surface area contributed by atoms with Crippen LogP contribution in [-0.2, 0) is 0 Å². The molecule has 2 aromatic carbocycles. The van der Waals surface area contributed by atoms with E-state index in [2.05, 4.69) is 21.2 Å². The van der Waals surface area contributed by atoms with E-state index in [-0.39, 0.29) is 11.1 Å². The predicted molar refractivity (Wildman–Crippen MR) is 86.0 cm³/mol. The summed E-state index contributed by atoms with van der Waals surface area (Å²) in [6.45, 7) is 2.55. The molecule has 0 spiro atoms. The maximum absolute atomic E-state index is 13.5. The second-order valence-corrected chi connectivity index (χ2v) is 6.12. The van der Waals surface area contributed by atoms with E-state index in [9.17, 15) is 8.78 Å². The van der Waals surface area contributed by atoms with Crippen LogP contribution in [0.4, 0.5) is 8.78 Å².